The van der Waals surface area contributed by atoms with Crippen LogP contribution in [0.15, 0.2) is 0 Å². The van der Waals surface area contributed by atoms with Crippen molar-refractivity contribution in [3.05, 3.63) is 0 Å². The summed E-state index contributed by atoms with van der Waals surface area (Å²) in [5.41, 5.74) is 0. The lowest BCUT2D eigenvalue weighted by atomic mass is 10.1. The largest absolute Gasteiger partial charge is 0.469 e. The van der Waals surface area contributed by atoms with E-state index in [4.69, 9.17) is 14.5 Å². The van der Waals surface area contributed by atoms with Crippen molar-refractivity contribution < 1.29 is 37.9 Å². The van der Waals surface area contributed by atoms with Crippen LogP contribution in [0.1, 0.15) is 142 Å². The fraction of sp³-hybridized carbons (Fsp3) is 0.931. The Morgan fingerprint density at radius 1 is 0.769 bits per heavy atom. The molecule has 10 heteroatoms. The molecule has 0 bridgehead atoms. The van der Waals surface area contributed by atoms with E-state index in [1.807, 2.05) is 0 Å². The minimum Gasteiger partial charge on any atom is -0.468 e. The molecule has 0 aliphatic carbocycles. The van der Waals surface area contributed by atoms with Gasteiger partial charge in [-0.05, 0) is 25.8 Å². The number of esters is 1. The van der Waals surface area contributed by atoms with Gasteiger partial charge in [0, 0.05) is 13.0 Å². The number of phosphoric ester groups is 1. The van der Waals surface area contributed by atoms with Gasteiger partial charge in [-0.15, -0.1) is 0 Å². The van der Waals surface area contributed by atoms with Crippen molar-refractivity contribution in [1.29, 1.82) is 0 Å². The molecule has 0 aliphatic heterocycles. The molecule has 0 spiro atoms. The minimum atomic E-state index is -4.62. The van der Waals surface area contributed by atoms with E-state index in [0.29, 0.717) is 26.0 Å². The maximum absolute atomic E-state index is 12.2. The number of hydrogen-bond acceptors (Lipinski definition) is 7. The highest BCUT2D eigenvalue weighted by Crippen LogP contribution is 2.35. The Balaban J connectivity index is 3.79. The van der Waals surface area contributed by atoms with E-state index in [2.05, 4.69) is 21.5 Å². The topological polar surface area (TPSA) is 131 Å². The molecule has 0 aromatic heterocycles. The van der Waals surface area contributed by atoms with E-state index in [-0.39, 0.29) is 12.6 Å². The molecule has 9 nitrogen and oxygen atoms in total. The predicted molar refractivity (Wildman–Crippen MR) is 155 cm³/mol. The van der Waals surface area contributed by atoms with Gasteiger partial charge in [-0.3, -0.25) is 14.1 Å². The number of hydrogen-bond donors (Lipinski definition) is 3. The maximum atomic E-state index is 12.2. The molecule has 0 rings (SSSR count). The summed E-state index contributed by atoms with van der Waals surface area (Å²) in [5, 5.41) is 3.24. The molecule has 0 heterocycles. The molecule has 0 unspecified atom stereocenters. The first-order chi connectivity index (χ1) is 18.9. The average molecular weight is 580 g/mol. The Labute approximate surface area is 237 Å². The molecule has 0 saturated carbocycles. The number of carbonyl (C=O) groups excluding carboxylic acids is 2. The third kappa shape index (κ3) is 31.4. The van der Waals surface area contributed by atoms with Crippen LogP contribution in [-0.4, -0.2) is 54.6 Å². The Morgan fingerprint density at radius 3 is 1.77 bits per heavy atom. The molecular formula is C29H58NO8P. The number of unbranched alkanes of at least 4 members (excludes halogenated alkanes) is 18. The number of rotatable bonds is 31. The molecule has 0 fully saturated rings. The van der Waals surface area contributed by atoms with Crippen molar-refractivity contribution in [3.8, 4) is 0 Å². The third-order valence-corrected chi connectivity index (χ3v) is 7.25. The van der Waals surface area contributed by atoms with Gasteiger partial charge < -0.3 is 24.6 Å². The van der Waals surface area contributed by atoms with Crippen molar-refractivity contribution in [3.63, 3.8) is 0 Å². The van der Waals surface area contributed by atoms with E-state index >= 15 is 0 Å². The molecule has 0 aromatic carbocycles. The van der Waals surface area contributed by atoms with Crippen LogP contribution in [-0.2, 0) is 28.2 Å². The molecule has 0 amide bonds. The third-order valence-electron chi connectivity index (χ3n) is 6.77. The van der Waals surface area contributed by atoms with E-state index in [1.165, 1.54) is 83.5 Å². The second-order valence-corrected chi connectivity index (χ2v) is 11.8. The average Bonchev–Trinajstić information content (AvgIpc) is 2.90. The zero-order valence-electron chi connectivity index (χ0n) is 24.6. The summed E-state index contributed by atoms with van der Waals surface area (Å²) in [4.78, 5) is 40.3. The number of phosphoric acid groups is 1. The fourth-order valence-electron chi connectivity index (χ4n) is 4.48. The standard InChI is InChI=1S/C29H58NO8P/c1-2-3-4-5-6-13-16-19-22-29(32)38-28(26-37-39(33,34)35)25-30-23-20-17-14-11-9-7-8-10-12-15-18-21-24-36-27-31/h27-28,30H,2-26H2,1H3,(H2,33,34,35)/t28-/m0/s1. The van der Waals surface area contributed by atoms with Gasteiger partial charge in [0.15, 0.2) is 0 Å². The molecule has 1 atom stereocenters. The van der Waals surface area contributed by atoms with Crippen LogP contribution in [0.2, 0.25) is 0 Å². The van der Waals surface area contributed by atoms with Gasteiger partial charge in [0.1, 0.15) is 6.10 Å². The molecule has 3 N–H and O–H groups in total. The quantitative estimate of drug-likeness (QED) is 0.0344. The van der Waals surface area contributed by atoms with Crippen LogP contribution in [0.3, 0.4) is 0 Å². The summed E-state index contributed by atoms with van der Waals surface area (Å²) in [6.07, 6.45) is 22.9. The normalized spacial score (nSPS) is 12.4. The first-order valence-electron chi connectivity index (χ1n) is 15.5. The van der Waals surface area contributed by atoms with Crippen LogP contribution in [0.4, 0.5) is 0 Å². The van der Waals surface area contributed by atoms with Gasteiger partial charge in [0.2, 0.25) is 0 Å². The summed E-state index contributed by atoms with van der Waals surface area (Å²) in [6, 6.07) is 0. The molecular weight excluding hydrogens is 521 g/mol. The van der Waals surface area contributed by atoms with Gasteiger partial charge in [-0.1, -0.05) is 116 Å². The zero-order valence-corrected chi connectivity index (χ0v) is 25.5. The first kappa shape index (κ1) is 38.0. The maximum Gasteiger partial charge on any atom is 0.469 e. The van der Waals surface area contributed by atoms with Gasteiger partial charge in [-0.2, -0.15) is 0 Å². The van der Waals surface area contributed by atoms with E-state index in [0.717, 1.165) is 51.5 Å². The molecule has 0 radical (unpaired) electrons. The lowest BCUT2D eigenvalue weighted by Crippen LogP contribution is -2.35. The summed E-state index contributed by atoms with van der Waals surface area (Å²) >= 11 is 0. The summed E-state index contributed by atoms with van der Waals surface area (Å²) < 4.78 is 25.8. The monoisotopic (exact) mass is 579 g/mol. The molecule has 0 saturated heterocycles. The van der Waals surface area contributed by atoms with Crippen LogP contribution in [0.25, 0.3) is 0 Å². The van der Waals surface area contributed by atoms with Crippen molar-refractivity contribution in [2.24, 2.45) is 0 Å². The molecule has 0 aromatic rings. The van der Waals surface area contributed by atoms with Crippen LogP contribution in [0, 0.1) is 0 Å². The molecule has 39 heavy (non-hydrogen) atoms. The number of ether oxygens (including phenoxy) is 2. The van der Waals surface area contributed by atoms with Crippen molar-refractivity contribution in [2.45, 2.75) is 148 Å². The summed E-state index contributed by atoms with van der Waals surface area (Å²) in [5.74, 6) is -0.341. The summed E-state index contributed by atoms with van der Waals surface area (Å²) in [6.45, 7) is 4.01. The second-order valence-electron chi connectivity index (χ2n) is 10.5. The van der Waals surface area contributed by atoms with Gasteiger partial charge in [0.05, 0.1) is 13.2 Å². The lowest BCUT2D eigenvalue weighted by Gasteiger charge is -2.19. The highest BCUT2D eigenvalue weighted by Gasteiger charge is 2.21. The zero-order chi connectivity index (χ0) is 28.9. The van der Waals surface area contributed by atoms with Crippen molar-refractivity contribution >= 4 is 20.3 Å². The Bertz CT molecular complexity index is 602. The highest BCUT2D eigenvalue weighted by atomic mass is 31.2. The lowest BCUT2D eigenvalue weighted by molar-refractivity contribution is -0.150. The smallest absolute Gasteiger partial charge is 0.468 e. The van der Waals surface area contributed by atoms with E-state index < -0.39 is 13.9 Å². The minimum absolute atomic E-state index is 0.313. The highest BCUT2D eigenvalue weighted by molar-refractivity contribution is 7.46. The van der Waals surface area contributed by atoms with Crippen molar-refractivity contribution in [2.75, 3.05) is 26.3 Å². The van der Waals surface area contributed by atoms with Crippen LogP contribution < -0.4 is 5.32 Å². The van der Waals surface area contributed by atoms with Gasteiger partial charge in [0.25, 0.3) is 6.47 Å². The van der Waals surface area contributed by atoms with Gasteiger partial charge in [-0.25, -0.2) is 4.57 Å². The predicted octanol–water partition coefficient (Wildman–Crippen LogP) is 6.98. The van der Waals surface area contributed by atoms with E-state index in [9.17, 15) is 14.2 Å². The second kappa shape index (κ2) is 28.5. The first-order valence-corrected chi connectivity index (χ1v) is 17.1. The Hall–Kier alpha value is -0.990. The molecule has 0 aliphatic rings. The SMILES string of the molecule is CCCCCCCCCCC(=O)O[C@@H](CNCCCCCCCCCCCCCCOC=O)COP(=O)(O)O. The number of nitrogens with one attached hydrogen (secondary N) is 1. The summed E-state index contributed by atoms with van der Waals surface area (Å²) in [7, 11) is -4.62. The van der Waals surface area contributed by atoms with Crippen LogP contribution in [0.5, 0.6) is 0 Å². The Morgan fingerprint density at radius 2 is 1.26 bits per heavy atom. The Kier molecular flexibility index (Phi) is 27.8. The fourth-order valence-corrected chi connectivity index (χ4v) is 4.84. The van der Waals surface area contributed by atoms with Crippen molar-refractivity contribution in [1.82, 2.24) is 5.32 Å². The van der Waals surface area contributed by atoms with E-state index in [1.54, 1.807) is 0 Å². The molecule has 232 valence electrons. The number of carbonyl (C=O) groups is 2. The van der Waals surface area contributed by atoms with Gasteiger partial charge >= 0.3 is 13.8 Å². The van der Waals surface area contributed by atoms with Crippen LogP contribution >= 0.6 is 7.82 Å².